The van der Waals surface area contributed by atoms with Gasteiger partial charge in [-0.3, -0.25) is 4.79 Å². The normalized spacial score (nSPS) is 10.6. The molecule has 150 valence electrons. The Morgan fingerprint density at radius 2 is 1.53 bits per heavy atom. The van der Waals surface area contributed by atoms with Gasteiger partial charge in [-0.25, -0.2) is 0 Å². The average molecular weight is 398 g/mol. The molecule has 0 aliphatic carbocycles. The Kier molecular flexibility index (Phi) is 5.85. The van der Waals surface area contributed by atoms with Crippen LogP contribution in [0.15, 0.2) is 84.9 Å². The lowest BCUT2D eigenvalue weighted by molar-refractivity contribution is 0.0901. The molecule has 4 aromatic rings. The largest absolute Gasteiger partial charge is 0.497 e. The zero-order valence-corrected chi connectivity index (χ0v) is 16.7. The highest BCUT2D eigenvalue weighted by molar-refractivity contribution is 5.83. The minimum absolute atomic E-state index is 0.149. The Labute approximate surface area is 175 Å². The molecular formula is C24H22N4O2. The number of ether oxygens (including phenoxy) is 1. The van der Waals surface area contributed by atoms with Gasteiger partial charge in [0, 0.05) is 12.1 Å². The van der Waals surface area contributed by atoms with Crippen molar-refractivity contribution in [3.63, 3.8) is 0 Å². The predicted molar refractivity (Wildman–Crippen MR) is 117 cm³/mol. The van der Waals surface area contributed by atoms with Gasteiger partial charge < -0.3 is 10.1 Å². The van der Waals surface area contributed by atoms with Crippen LogP contribution in [0.4, 0.5) is 5.95 Å². The first-order valence-corrected chi connectivity index (χ1v) is 9.69. The fourth-order valence-corrected chi connectivity index (χ4v) is 3.09. The fraction of sp³-hybridized carbons (Fsp3) is 0.125. The SMILES string of the molecule is COc1ccc(-c2nc(NCc3ccccc3)n(C(=O)Cc3ccccc3)n2)cc1. The van der Waals surface area contributed by atoms with Gasteiger partial charge in [-0.15, -0.1) is 5.10 Å². The first-order valence-electron chi connectivity index (χ1n) is 9.69. The van der Waals surface area contributed by atoms with Crippen LogP contribution in [0.25, 0.3) is 11.4 Å². The fourth-order valence-electron chi connectivity index (χ4n) is 3.09. The van der Waals surface area contributed by atoms with Crippen LogP contribution >= 0.6 is 0 Å². The number of nitrogens with one attached hydrogen (secondary N) is 1. The summed E-state index contributed by atoms with van der Waals surface area (Å²) in [6.45, 7) is 0.542. The Morgan fingerprint density at radius 3 is 2.17 bits per heavy atom. The van der Waals surface area contributed by atoms with Gasteiger partial charge in [0.05, 0.1) is 13.5 Å². The number of carbonyl (C=O) groups excluding carboxylic acids is 1. The quantitative estimate of drug-likeness (QED) is 0.498. The van der Waals surface area contributed by atoms with Gasteiger partial charge in [0.1, 0.15) is 5.75 Å². The predicted octanol–water partition coefficient (Wildman–Crippen LogP) is 4.45. The van der Waals surface area contributed by atoms with Crippen molar-refractivity contribution in [3.8, 4) is 17.1 Å². The zero-order chi connectivity index (χ0) is 20.8. The molecule has 0 amide bonds. The van der Waals surface area contributed by atoms with E-state index in [-0.39, 0.29) is 12.3 Å². The number of aromatic nitrogens is 3. The number of hydrogen-bond donors (Lipinski definition) is 1. The molecule has 6 nitrogen and oxygen atoms in total. The van der Waals surface area contributed by atoms with E-state index in [1.54, 1.807) is 7.11 Å². The second kappa shape index (κ2) is 9.05. The van der Waals surface area contributed by atoms with Crippen molar-refractivity contribution in [3.05, 3.63) is 96.1 Å². The van der Waals surface area contributed by atoms with Gasteiger partial charge in [0.2, 0.25) is 5.95 Å². The highest BCUT2D eigenvalue weighted by Crippen LogP contribution is 2.22. The molecule has 0 unspecified atom stereocenters. The van der Waals surface area contributed by atoms with Crippen LogP contribution in [0.2, 0.25) is 0 Å². The molecule has 0 spiro atoms. The smallest absolute Gasteiger partial charge is 0.254 e. The van der Waals surface area contributed by atoms with E-state index in [0.29, 0.717) is 18.3 Å². The van der Waals surface area contributed by atoms with Crippen LogP contribution in [0, 0.1) is 0 Å². The molecule has 30 heavy (non-hydrogen) atoms. The van der Waals surface area contributed by atoms with Gasteiger partial charge in [-0.1, -0.05) is 60.7 Å². The molecule has 3 aromatic carbocycles. The van der Waals surface area contributed by atoms with E-state index in [0.717, 1.165) is 22.4 Å². The molecule has 0 bridgehead atoms. The van der Waals surface area contributed by atoms with Gasteiger partial charge in [0.15, 0.2) is 5.82 Å². The van der Waals surface area contributed by atoms with Gasteiger partial charge in [-0.2, -0.15) is 9.67 Å². The minimum atomic E-state index is -0.149. The Balaban J connectivity index is 1.62. The van der Waals surface area contributed by atoms with E-state index in [9.17, 15) is 4.79 Å². The van der Waals surface area contributed by atoms with Crippen LogP contribution in [0.1, 0.15) is 15.9 Å². The summed E-state index contributed by atoms with van der Waals surface area (Å²) < 4.78 is 6.57. The monoisotopic (exact) mass is 398 g/mol. The topological polar surface area (TPSA) is 69.0 Å². The first-order chi connectivity index (χ1) is 14.7. The van der Waals surface area contributed by atoms with Crippen LogP contribution < -0.4 is 10.1 Å². The number of benzene rings is 3. The molecule has 0 aliphatic heterocycles. The van der Waals surface area contributed by atoms with Crippen LogP contribution in [-0.2, 0) is 13.0 Å². The average Bonchev–Trinajstić information content (AvgIpc) is 3.23. The van der Waals surface area contributed by atoms with Gasteiger partial charge in [-0.05, 0) is 35.4 Å². The molecular weight excluding hydrogens is 376 g/mol. The van der Waals surface area contributed by atoms with Crippen LogP contribution in [0.5, 0.6) is 5.75 Å². The lowest BCUT2D eigenvalue weighted by Gasteiger charge is -2.07. The Bertz CT molecular complexity index is 1110. The number of anilines is 1. The number of methoxy groups -OCH3 is 1. The molecule has 1 aromatic heterocycles. The van der Waals surface area contributed by atoms with Crippen molar-refractivity contribution in [1.29, 1.82) is 0 Å². The lowest BCUT2D eigenvalue weighted by atomic mass is 10.1. The Hall–Kier alpha value is -3.93. The number of hydrogen-bond acceptors (Lipinski definition) is 5. The highest BCUT2D eigenvalue weighted by atomic mass is 16.5. The Morgan fingerprint density at radius 1 is 0.900 bits per heavy atom. The summed E-state index contributed by atoms with van der Waals surface area (Å²) >= 11 is 0. The third kappa shape index (κ3) is 4.55. The summed E-state index contributed by atoms with van der Waals surface area (Å²) in [7, 11) is 1.62. The molecule has 1 heterocycles. The summed E-state index contributed by atoms with van der Waals surface area (Å²) in [4.78, 5) is 17.6. The van der Waals surface area contributed by atoms with Crippen molar-refractivity contribution in [2.45, 2.75) is 13.0 Å². The third-order valence-electron chi connectivity index (χ3n) is 4.68. The standard InChI is InChI=1S/C24H22N4O2/c1-30-21-14-12-20(13-15-21)23-26-24(25-17-19-10-6-3-7-11-19)28(27-23)22(29)16-18-8-4-2-5-9-18/h2-15H,16-17H2,1H3,(H,25,26,27). The molecule has 0 saturated carbocycles. The van der Waals surface area contributed by atoms with Crippen molar-refractivity contribution in [2.24, 2.45) is 0 Å². The maximum absolute atomic E-state index is 13.0. The van der Waals surface area contributed by atoms with Gasteiger partial charge >= 0.3 is 0 Å². The molecule has 0 fully saturated rings. The summed E-state index contributed by atoms with van der Waals surface area (Å²) in [5, 5.41) is 7.75. The van der Waals surface area contributed by atoms with E-state index in [2.05, 4.69) is 15.4 Å². The summed E-state index contributed by atoms with van der Waals surface area (Å²) in [5.74, 6) is 1.50. The zero-order valence-electron chi connectivity index (χ0n) is 16.7. The van der Waals surface area contributed by atoms with E-state index in [4.69, 9.17) is 4.74 Å². The second-order valence-electron chi connectivity index (χ2n) is 6.79. The number of carbonyl (C=O) groups is 1. The van der Waals surface area contributed by atoms with E-state index in [1.165, 1.54) is 4.68 Å². The lowest BCUT2D eigenvalue weighted by Crippen LogP contribution is -2.18. The van der Waals surface area contributed by atoms with Crippen LogP contribution in [-0.4, -0.2) is 27.8 Å². The summed E-state index contributed by atoms with van der Waals surface area (Å²) in [5.41, 5.74) is 2.83. The summed E-state index contributed by atoms with van der Waals surface area (Å²) in [6.07, 6.45) is 0.242. The minimum Gasteiger partial charge on any atom is -0.497 e. The van der Waals surface area contributed by atoms with Crippen molar-refractivity contribution in [2.75, 3.05) is 12.4 Å². The second-order valence-corrected chi connectivity index (χ2v) is 6.79. The number of rotatable bonds is 7. The molecule has 0 radical (unpaired) electrons. The molecule has 4 rings (SSSR count). The molecule has 1 N–H and O–H groups in total. The maximum Gasteiger partial charge on any atom is 0.254 e. The van der Waals surface area contributed by atoms with Crippen LogP contribution in [0.3, 0.4) is 0 Å². The van der Waals surface area contributed by atoms with E-state index < -0.39 is 0 Å². The van der Waals surface area contributed by atoms with E-state index >= 15 is 0 Å². The molecule has 0 aliphatic rings. The molecule has 6 heteroatoms. The van der Waals surface area contributed by atoms with Gasteiger partial charge in [0.25, 0.3) is 5.91 Å². The highest BCUT2D eigenvalue weighted by Gasteiger charge is 2.17. The molecule has 0 saturated heterocycles. The number of nitrogens with zero attached hydrogens (tertiary/aromatic N) is 3. The van der Waals surface area contributed by atoms with Crippen molar-refractivity contribution >= 4 is 11.9 Å². The molecule has 0 atom stereocenters. The van der Waals surface area contributed by atoms with Crippen molar-refractivity contribution in [1.82, 2.24) is 14.8 Å². The van der Waals surface area contributed by atoms with E-state index in [1.807, 2.05) is 84.9 Å². The maximum atomic E-state index is 13.0. The summed E-state index contributed by atoms with van der Waals surface area (Å²) in [6, 6.07) is 27.0. The first kappa shape index (κ1) is 19.4. The third-order valence-corrected chi connectivity index (χ3v) is 4.68. The van der Waals surface area contributed by atoms with Crippen molar-refractivity contribution < 1.29 is 9.53 Å².